The Kier molecular flexibility index (Phi) is 5.44. The predicted molar refractivity (Wildman–Crippen MR) is 95.6 cm³/mol. The summed E-state index contributed by atoms with van der Waals surface area (Å²) in [6, 6.07) is 14.3. The average Bonchev–Trinajstić information content (AvgIpc) is 2.60. The first-order valence-corrected chi connectivity index (χ1v) is 11.3. The molecule has 2 aromatic carbocycles. The van der Waals surface area contributed by atoms with Gasteiger partial charge in [-0.15, -0.1) is 0 Å². The SMILES string of the molecule is CCC[Si@H]1CC[C@H](c2ccc(-c3cc(F)c(F)c(F)c3)cc2)CC1. The molecule has 0 aromatic heterocycles. The Morgan fingerprint density at radius 2 is 1.50 bits per heavy atom. The molecule has 1 fully saturated rings. The van der Waals surface area contributed by atoms with Gasteiger partial charge in [0.25, 0.3) is 0 Å². The van der Waals surface area contributed by atoms with E-state index < -0.39 is 26.2 Å². The molecule has 1 saturated heterocycles. The van der Waals surface area contributed by atoms with Crippen LogP contribution in [-0.4, -0.2) is 8.80 Å². The molecule has 0 bridgehead atoms. The zero-order valence-electron chi connectivity index (χ0n) is 14.0. The summed E-state index contributed by atoms with van der Waals surface area (Å²) < 4.78 is 39.8. The van der Waals surface area contributed by atoms with Gasteiger partial charge in [-0.3, -0.25) is 0 Å². The van der Waals surface area contributed by atoms with Gasteiger partial charge in [-0.2, -0.15) is 0 Å². The summed E-state index contributed by atoms with van der Waals surface area (Å²) in [4.78, 5) is 0. The zero-order valence-corrected chi connectivity index (χ0v) is 15.2. The Morgan fingerprint density at radius 1 is 0.917 bits per heavy atom. The standard InChI is InChI=1S/C20H23F3Si/c1-2-9-24-10-7-16(8-11-24)14-3-5-15(6-4-14)17-12-18(21)20(23)19(22)13-17/h3-6,12-13,16,24H,2,7-11H2,1H3/t16-,24-. The van der Waals surface area contributed by atoms with Crippen LogP contribution in [0.4, 0.5) is 13.2 Å². The Morgan fingerprint density at radius 3 is 2.04 bits per heavy atom. The van der Waals surface area contributed by atoms with Crippen molar-refractivity contribution in [3.8, 4) is 11.1 Å². The van der Waals surface area contributed by atoms with Crippen LogP contribution < -0.4 is 0 Å². The first-order valence-electron chi connectivity index (χ1n) is 8.83. The molecule has 0 amide bonds. The molecule has 0 nitrogen and oxygen atoms in total. The zero-order chi connectivity index (χ0) is 17.1. The average molecular weight is 348 g/mol. The highest BCUT2D eigenvalue weighted by molar-refractivity contribution is 6.59. The number of benzene rings is 2. The molecule has 0 radical (unpaired) electrons. The van der Waals surface area contributed by atoms with E-state index in [-0.39, 0.29) is 0 Å². The van der Waals surface area contributed by atoms with Gasteiger partial charge >= 0.3 is 0 Å². The van der Waals surface area contributed by atoms with E-state index in [4.69, 9.17) is 0 Å². The van der Waals surface area contributed by atoms with Gasteiger partial charge < -0.3 is 0 Å². The maximum absolute atomic E-state index is 13.4. The molecule has 3 rings (SSSR count). The van der Waals surface area contributed by atoms with E-state index in [9.17, 15) is 13.2 Å². The van der Waals surface area contributed by atoms with Crippen molar-refractivity contribution < 1.29 is 13.2 Å². The summed E-state index contributed by atoms with van der Waals surface area (Å²) in [7, 11) is -0.482. The number of hydrogen-bond donors (Lipinski definition) is 0. The summed E-state index contributed by atoms with van der Waals surface area (Å²) in [6.07, 6.45) is 3.87. The monoisotopic (exact) mass is 348 g/mol. The molecule has 128 valence electrons. The number of rotatable bonds is 4. The molecular weight excluding hydrogens is 325 g/mol. The molecule has 0 saturated carbocycles. The minimum Gasteiger partial charge on any atom is -0.204 e. The van der Waals surface area contributed by atoms with Gasteiger partial charge in [-0.1, -0.05) is 55.7 Å². The fourth-order valence-electron chi connectivity index (χ4n) is 3.86. The van der Waals surface area contributed by atoms with Gasteiger partial charge in [0.15, 0.2) is 17.5 Å². The Bertz CT molecular complexity index is 666. The Balaban J connectivity index is 1.72. The maximum Gasteiger partial charge on any atom is 0.194 e. The fraction of sp³-hybridized carbons (Fsp3) is 0.400. The second kappa shape index (κ2) is 7.56. The van der Waals surface area contributed by atoms with E-state index >= 15 is 0 Å². The van der Waals surface area contributed by atoms with Gasteiger partial charge in [-0.05, 0) is 47.6 Å². The molecule has 4 heteroatoms. The highest BCUT2D eigenvalue weighted by Crippen LogP contribution is 2.36. The lowest BCUT2D eigenvalue weighted by Crippen LogP contribution is -2.19. The van der Waals surface area contributed by atoms with Gasteiger partial charge in [0.2, 0.25) is 0 Å². The van der Waals surface area contributed by atoms with E-state index in [0.717, 1.165) is 12.1 Å². The van der Waals surface area contributed by atoms with E-state index in [1.807, 2.05) is 12.1 Å². The van der Waals surface area contributed by atoms with Crippen LogP contribution in [0.5, 0.6) is 0 Å². The highest BCUT2D eigenvalue weighted by atomic mass is 28.3. The van der Waals surface area contributed by atoms with E-state index in [2.05, 4.69) is 19.1 Å². The quantitative estimate of drug-likeness (QED) is 0.450. The smallest absolute Gasteiger partial charge is 0.194 e. The molecular formula is C20H23F3Si. The first kappa shape index (κ1) is 17.3. The molecule has 24 heavy (non-hydrogen) atoms. The Hall–Kier alpha value is -1.55. The van der Waals surface area contributed by atoms with Crippen LogP contribution in [-0.2, 0) is 0 Å². The first-order chi connectivity index (χ1) is 11.6. The minimum atomic E-state index is -1.41. The van der Waals surface area contributed by atoms with Crippen molar-refractivity contribution in [2.75, 3.05) is 0 Å². The van der Waals surface area contributed by atoms with Gasteiger partial charge in [0, 0.05) is 8.80 Å². The Labute approximate surface area is 143 Å². The van der Waals surface area contributed by atoms with Crippen molar-refractivity contribution in [3.05, 3.63) is 59.4 Å². The minimum absolute atomic E-state index is 0.372. The van der Waals surface area contributed by atoms with Crippen molar-refractivity contribution in [2.45, 2.75) is 50.2 Å². The second-order valence-electron chi connectivity index (χ2n) is 6.88. The van der Waals surface area contributed by atoms with Crippen molar-refractivity contribution in [1.29, 1.82) is 0 Å². The third kappa shape index (κ3) is 3.74. The highest BCUT2D eigenvalue weighted by Gasteiger charge is 2.22. The summed E-state index contributed by atoms with van der Waals surface area (Å²) in [5, 5.41) is 0. The normalized spacial score (nSPS) is 21.0. The fourth-order valence-corrected chi connectivity index (χ4v) is 7.29. The van der Waals surface area contributed by atoms with Crippen molar-refractivity contribution in [3.63, 3.8) is 0 Å². The number of hydrogen-bond acceptors (Lipinski definition) is 0. The summed E-state index contributed by atoms with van der Waals surface area (Å²) in [6.45, 7) is 2.28. The summed E-state index contributed by atoms with van der Waals surface area (Å²) in [5.41, 5.74) is 2.40. The molecule has 0 N–H and O–H groups in total. The largest absolute Gasteiger partial charge is 0.204 e. The lowest BCUT2D eigenvalue weighted by Gasteiger charge is -2.27. The van der Waals surface area contributed by atoms with Crippen molar-refractivity contribution in [1.82, 2.24) is 0 Å². The molecule has 1 aliphatic rings. The van der Waals surface area contributed by atoms with E-state index in [1.54, 1.807) is 0 Å². The van der Waals surface area contributed by atoms with E-state index in [1.165, 1.54) is 43.0 Å². The molecule has 0 atom stereocenters. The number of halogens is 3. The lowest BCUT2D eigenvalue weighted by molar-refractivity contribution is 0.448. The molecule has 0 unspecified atom stereocenters. The van der Waals surface area contributed by atoms with Crippen molar-refractivity contribution in [2.24, 2.45) is 0 Å². The van der Waals surface area contributed by atoms with Crippen LogP contribution in [0.15, 0.2) is 36.4 Å². The van der Waals surface area contributed by atoms with Gasteiger partial charge in [-0.25, -0.2) is 13.2 Å². The summed E-state index contributed by atoms with van der Waals surface area (Å²) >= 11 is 0. The van der Waals surface area contributed by atoms with E-state index in [0.29, 0.717) is 17.0 Å². The molecule has 0 aliphatic carbocycles. The molecule has 2 aromatic rings. The van der Waals surface area contributed by atoms with Gasteiger partial charge in [0.05, 0.1) is 0 Å². The topological polar surface area (TPSA) is 0 Å². The second-order valence-corrected chi connectivity index (χ2v) is 10.3. The van der Waals surface area contributed by atoms with Crippen LogP contribution in [0.2, 0.25) is 18.1 Å². The van der Waals surface area contributed by atoms with Crippen molar-refractivity contribution >= 4 is 8.80 Å². The van der Waals surface area contributed by atoms with Crippen LogP contribution in [0.25, 0.3) is 11.1 Å². The van der Waals surface area contributed by atoms with Crippen LogP contribution in [0.3, 0.4) is 0 Å². The third-order valence-electron chi connectivity index (χ3n) is 5.24. The van der Waals surface area contributed by atoms with Crippen LogP contribution in [0.1, 0.15) is 37.7 Å². The van der Waals surface area contributed by atoms with Crippen LogP contribution in [0, 0.1) is 17.5 Å². The summed E-state index contributed by atoms with van der Waals surface area (Å²) in [5.74, 6) is -3.09. The molecule has 1 heterocycles. The third-order valence-corrected chi connectivity index (χ3v) is 8.94. The predicted octanol–water partition coefficient (Wildman–Crippen LogP) is 6.29. The maximum atomic E-state index is 13.4. The molecule has 0 spiro atoms. The van der Waals surface area contributed by atoms with Gasteiger partial charge in [0.1, 0.15) is 0 Å². The van der Waals surface area contributed by atoms with Crippen LogP contribution >= 0.6 is 0 Å². The lowest BCUT2D eigenvalue weighted by atomic mass is 9.92. The molecule has 1 aliphatic heterocycles.